The number of nitrogens with zero attached hydrogens (tertiary/aromatic N) is 3. The van der Waals surface area contributed by atoms with Crippen molar-refractivity contribution in [2.75, 3.05) is 18.5 Å². The number of hydrogen-bond donors (Lipinski definition) is 3. The highest BCUT2D eigenvalue weighted by Crippen LogP contribution is 2.33. The monoisotopic (exact) mass is 607 g/mol. The number of amides is 1. The van der Waals surface area contributed by atoms with Gasteiger partial charge in [-0.3, -0.25) is 10.1 Å². The van der Waals surface area contributed by atoms with Crippen molar-refractivity contribution in [3.05, 3.63) is 69.9 Å². The SMILES string of the molecule is CC(CCNC(=O)OC(C)(C)C)COCc1cc(Nc2nccc(-c3ccc(C(=O)O)cc3[N+](=O)[O-])n2)ccc1OC1CC1. The quantitative estimate of drug-likeness (QED) is 0.143. The fourth-order valence-electron chi connectivity index (χ4n) is 4.17. The summed E-state index contributed by atoms with van der Waals surface area (Å²) in [6, 6.07) is 10.7. The molecular formula is C31H37N5O8. The molecule has 13 nitrogen and oxygen atoms in total. The fraction of sp³-hybridized carbons (Fsp3) is 0.419. The lowest BCUT2D eigenvalue weighted by Crippen LogP contribution is -2.33. The number of hydrogen-bond acceptors (Lipinski definition) is 10. The summed E-state index contributed by atoms with van der Waals surface area (Å²) in [6.07, 6.45) is 3.93. The van der Waals surface area contributed by atoms with Crippen LogP contribution >= 0.6 is 0 Å². The molecule has 1 unspecified atom stereocenters. The van der Waals surface area contributed by atoms with Gasteiger partial charge >= 0.3 is 12.1 Å². The van der Waals surface area contributed by atoms with E-state index < -0.39 is 22.6 Å². The predicted molar refractivity (Wildman–Crippen MR) is 162 cm³/mol. The smallest absolute Gasteiger partial charge is 0.407 e. The maximum atomic E-state index is 11.9. The van der Waals surface area contributed by atoms with Gasteiger partial charge < -0.3 is 30.0 Å². The number of nitro groups is 1. The van der Waals surface area contributed by atoms with Crippen LogP contribution in [0.5, 0.6) is 5.75 Å². The Labute approximate surface area is 255 Å². The number of aromatic carboxylic acids is 1. The average Bonchev–Trinajstić information content (AvgIpc) is 3.77. The van der Waals surface area contributed by atoms with Crippen LogP contribution in [-0.2, 0) is 16.1 Å². The van der Waals surface area contributed by atoms with Gasteiger partial charge in [0.15, 0.2) is 0 Å². The molecule has 3 aromatic rings. The molecule has 2 aromatic carbocycles. The van der Waals surface area contributed by atoms with Crippen molar-refractivity contribution in [3.8, 4) is 17.0 Å². The first-order chi connectivity index (χ1) is 20.9. The largest absolute Gasteiger partial charge is 0.490 e. The van der Waals surface area contributed by atoms with Gasteiger partial charge in [-0.1, -0.05) is 6.92 Å². The number of carbonyl (C=O) groups excluding carboxylic acids is 1. The number of ether oxygens (including phenoxy) is 3. The molecule has 234 valence electrons. The van der Waals surface area contributed by atoms with E-state index in [-0.39, 0.29) is 40.5 Å². The highest BCUT2D eigenvalue weighted by atomic mass is 16.6. The molecule has 1 aliphatic rings. The number of carbonyl (C=O) groups is 2. The summed E-state index contributed by atoms with van der Waals surface area (Å²) in [6.45, 7) is 8.73. The second kappa shape index (κ2) is 14.1. The van der Waals surface area contributed by atoms with Crippen LogP contribution in [0.25, 0.3) is 11.3 Å². The predicted octanol–water partition coefficient (Wildman–Crippen LogP) is 6.10. The van der Waals surface area contributed by atoms with Crippen LogP contribution in [0.3, 0.4) is 0 Å². The van der Waals surface area contributed by atoms with E-state index in [1.807, 2.05) is 45.9 Å². The Bertz CT molecular complexity index is 1500. The van der Waals surface area contributed by atoms with E-state index in [9.17, 15) is 24.8 Å². The van der Waals surface area contributed by atoms with Gasteiger partial charge in [0.1, 0.15) is 11.4 Å². The Kier molecular flexibility index (Phi) is 10.3. The fourth-order valence-corrected chi connectivity index (χ4v) is 4.17. The number of aromatic nitrogens is 2. The molecule has 1 saturated carbocycles. The van der Waals surface area contributed by atoms with E-state index in [0.717, 1.165) is 36.6 Å². The molecule has 0 radical (unpaired) electrons. The van der Waals surface area contributed by atoms with Gasteiger partial charge in [0.2, 0.25) is 5.95 Å². The Morgan fingerprint density at radius 2 is 1.93 bits per heavy atom. The molecule has 44 heavy (non-hydrogen) atoms. The zero-order chi connectivity index (χ0) is 31.9. The van der Waals surface area contributed by atoms with Gasteiger partial charge in [-0.15, -0.1) is 0 Å². The van der Waals surface area contributed by atoms with Crippen LogP contribution in [0, 0.1) is 16.0 Å². The number of rotatable bonds is 14. The standard InChI is InChI=1S/C31H37N5O8/c1-19(11-13-33-30(39)44-31(2,3)4)17-42-18-21-15-22(6-10-27(21)43-23-7-8-23)34-29-32-14-12-25(35-29)24-9-5-20(28(37)38)16-26(24)36(40)41/h5-6,9-10,12,14-16,19,23H,7-8,11,13,17-18H2,1-4H3,(H,33,39)(H,37,38)(H,32,34,35). The molecule has 0 bridgehead atoms. The first kappa shape index (κ1) is 32.1. The maximum Gasteiger partial charge on any atom is 0.407 e. The maximum absolute atomic E-state index is 11.9. The van der Waals surface area contributed by atoms with Gasteiger partial charge in [0, 0.05) is 36.7 Å². The first-order valence-corrected chi connectivity index (χ1v) is 14.3. The Balaban J connectivity index is 1.41. The van der Waals surface area contributed by atoms with Crippen molar-refractivity contribution < 1.29 is 33.8 Å². The molecule has 0 saturated heterocycles. The van der Waals surface area contributed by atoms with E-state index >= 15 is 0 Å². The third-order valence-corrected chi connectivity index (χ3v) is 6.47. The Hall–Kier alpha value is -4.78. The van der Waals surface area contributed by atoms with Crippen molar-refractivity contribution in [2.24, 2.45) is 5.92 Å². The molecule has 3 N–H and O–H groups in total. The second-order valence-electron chi connectivity index (χ2n) is 11.7. The topological polar surface area (TPSA) is 175 Å². The summed E-state index contributed by atoms with van der Waals surface area (Å²) in [5.74, 6) is -0.152. The minimum atomic E-state index is -1.26. The summed E-state index contributed by atoms with van der Waals surface area (Å²) in [5.41, 5.74) is 0.815. The lowest BCUT2D eigenvalue weighted by molar-refractivity contribution is -0.384. The van der Waals surface area contributed by atoms with Gasteiger partial charge in [0.25, 0.3) is 5.69 Å². The van der Waals surface area contributed by atoms with Gasteiger partial charge in [0.05, 0.1) is 34.5 Å². The van der Waals surface area contributed by atoms with E-state index in [4.69, 9.17) is 14.2 Å². The minimum Gasteiger partial charge on any atom is -0.490 e. The zero-order valence-corrected chi connectivity index (χ0v) is 25.2. The van der Waals surface area contributed by atoms with Crippen LogP contribution in [0.2, 0.25) is 0 Å². The summed E-state index contributed by atoms with van der Waals surface area (Å²) in [5, 5.41) is 26.8. The van der Waals surface area contributed by atoms with E-state index in [0.29, 0.717) is 25.4 Å². The van der Waals surface area contributed by atoms with Crippen molar-refractivity contribution >= 4 is 29.4 Å². The third kappa shape index (κ3) is 9.63. The molecule has 1 aliphatic carbocycles. The summed E-state index contributed by atoms with van der Waals surface area (Å²) in [4.78, 5) is 42.9. The number of benzene rings is 2. The molecule has 0 aliphatic heterocycles. The lowest BCUT2D eigenvalue weighted by atomic mass is 10.1. The molecule has 1 fully saturated rings. The normalized spacial score (nSPS) is 13.5. The van der Waals surface area contributed by atoms with Gasteiger partial charge in [-0.05, 0) is 82.3 Å². The third-order valence-electron chi connectivity index (χ3n) is 6.47. The molecule has 0 spiro atoms. The lowest BCUT2D eigenvalue weighted by Gasteiger charge is -2.20. The van der Waals surface area contributed by atoms with Gasteiger partial charge in [-0.2, -0.15) is 0 Å². The molecule has 4 rings (SSSR count). The van der Waals surface area contributed by atoms with Crippen LogP contribution in [0.1, 0.15) is 62.9 Å². The first-order valence-electron chi connectivity index (χ1n) is 14.3. The van der Waals surface area contributed by atoms with E-state index in [1.165, 1.54) is 24.4 Å². The highest BCUT2D eigenvalue weighted by Gasteiger charge is 2.25. The van der Waals surface area contributed by atoms with Crippen molar-refractivity contribution in [1.82, 2.24) is 15.3 Å². The number of alkyl carbamates (subject to hydrolysis) is 1. The van der Waals surface area contributed by atoms with Crippen molar-refractivity contribution in [3.63, 3.8) is 0 Å². The molecule has 1 amide bonds. The van der Waals surface area contributed by atoms with Crippen LogP contribution in [0.15, 0.2) is 48.7 Å². The van der Waals surface area contributed by atoms with E-state index in [1.54, 1.807) is 0 Å². The van der Waals surface area contributed by atoms with Crippen molar-refractivity contribution in [2.45, 2.75) is 65.3 Å². The van der Waals surface area contributed by atoms with Crippen LogP contribution < -0.4 is 15.4 Å². The molecule has 1 aromatic heterocycles. The Morgan fingerprint density at radius 1 is 1.16 bits per heavy atom. The van der Waals surface area contributed by atoms with Crippen LogP contribution in [-0.4, -0.2) is 56.9 Å². The molecular weight excluding hydrogens is 570 g/mol. The molecule has 1 heterocycles. The number of nitrogens with one attached hydrogen (secondary N) is 2. The van der Waals surface area contributed by atoms with E-state index in [2.05, 4.69) is 20.6 Å². The zero-order valence-electron chi connectivity index (χ0n) is 25.2. The Morgan fingerprint density at radius 3 is 2.61 bits per heavy atom. The molecule has 13 heteroatoms. The second-order valence-corrected chi connectivity index (χ2v) is 11.7. The average molecular weight is 608 g/mol. The highest BCUT2D eigenvalue weighted by molar-refractivity contribution is 5.90. The number of nitro benzene ring substituents is 1. The van der Waals surface area contributed by atoms with Crippen molar-refractivity contribution in [1.29, 1.82) is 0 Å². The minimum absolute atomic E-state index is 0.170. The van der Waals surface area contributed by atoms with Crippen LogP contribution in [0.4, 0.5) is 22.1 Å². The van der Waals surface area contributed by atoms with Gasteiger partial charge in [-0.25, -0.2) is 19.6 Å². The summed E-state index contributed by atoms with van der Waals surface area (Å²) in [7, 11) is 0. The number of carboxylic acids is 1. The summed E-state index contributed by atoms with van der Waals surface area (Å²) >= 11 is 0. The molecule has 1 atom stereocenters. The summed E-state index contributed by atoms with van der Waals surface area (Å²) < 4.78 is 17.4. The number of anilines is 2. The number of carboxylic acid groups (broad SMARTS) is 1.